The molecule has 1 saturated heterocycles. The molecule has 1 fully saturated rings. The summed E-state index contributed by atoms with van der Waals surface area (Å²) in [6.07, 6.45) is 1.49. The van der Waals surface area contributed by atoms with Gasteiger partial charge in [0.15, 0.2) is 0 Å². The predicted octanol–water partition coefficient (Wildman–Crippen LogP) is 1.02. The van der Waals surface area contributed by atoms with Crippen LogP contribution in [0.2, 0.25) is 0 Å². The van der Waals surface area contributed by atoms with E-state index in [1.807, 2.05) is 6.92 Å². The van der Waals surface area contributed by atoms with Gasteiger partial charge in [-0.15, -0.1) is 0 Å². The van der Waals surface area contributed by atoms with Crippen molar-refractivity contribution >= 4 is 10.0 Å². The van der Waals surface area contributed by atoms with Crippen LogP contribution < -0.4 is 0 Å². The van der Waals surface area contributed by atoms with E-state index in [0.29, 0.717) is 13.0 Å². The van der Waals surface area contributed by atoms with E-state index < -0.39 is 16.2 Å². The number of hydrogen-bond donors (Lipinski definition) is 0. The van der Waals surface area contributed by atoms with E-state index in [1.54, 1.807) is 0 Å². The molecular weight excluding hydrogens is 193 g/mol. The smallest absolute Gasteiger partial charge is 0.211 e. The van der Waals surface area contributed by atoms with E-state index in [2.05, 4.69) is 0 Å². The van der Waals surface area contributed by atoms with Crippen molar-refractivity contribution in [3.63, 3.8) is 0 Å². The monoisotopic (exact) mass is 209 g/mol. The first-order chi connectivity index (χ1) is 5.93. The topological polar surface area (TPSA) is 37.4 Å². The van der Waals surface area contributed by atoms with E-state index in [4.69, 9.17) is 0 Å². The van der Waals surface area contributed by atoms with Gasteiger partial charge in [-0.3, -0.25) is 0 Å². The number of nitrogens with zero attached hydrogens (tertiary/aromatic N) is 1. The van der Waals surface area contributed by atoms with E-state index in [9.17, 15) is 12.8 Å². The van der Waals surface area contributed by atoms with Gasteiger partial charge < -0.3 is 0 Å². The average Bonchev–Trinajstić information content (AvgIpc) is 2.01. The van der Waals surface area contributed by atoms with E-state index in [0.717, 1.165) is 12.7 Å². The van der Waals surface area contributed by atoms with Crippen molar-refractivity contribution in [3.8, 4) is 0 Å². The predicted molar refractivity (Wildman–Crippen MR) is 49.7 cm³/mol. The molecular formula is C8H16FNO2S. The maximum absolute atomic E-state index is 13.1. The molecule has 0 aromatic heterocycles. The third-order valence-corrected chi connectivity index (χ3v) is 3.74. The van der Waals surface area contributed by atoms with Crippen LogP contribution in [-0.4, -0.2) is 38.2 Å². The van der Waals surface area contributed by atoms with Gasteiger partial charge in [-0.2, -0.15) is 4.31 Å². The summed E-state index contributed by atoms with van der Waals surface area (Å²) in [5, 5.41) is 0. The molecule has 0 aromatic rings. The molecule has 1 heterocycles. The minimum atomic E-state index is -3.21. The molecule has 0 amide bonds. The van der Waals surface area contributed by atoms with E-state index in [-0.39, 0.29) is 12.5 Å². The summed E-state index contributed by atoms with van der Waals surface area (Å²) in [5.41, 5.74) is 0. The zero-order chi connectivity index (χ0) is 10.1. The fraction of sp³-hybridized carbons (Fsp3) is 1.00. The van der Waals surface area contributed by atoms with Gasteiger partial charge in [-0.05, 0) is 12.3 Å². The van der Waals surface area contributed by atoms with Gasteiger partial charge in [0.25, 0.3) is 0 Å². The van der Waals surface area contributed by atoms with Gasteiger partial charge in [0.05, 0.1) is 6.26 Å². The van der Waals surface area contributed by atoms with Gasteiger partial charge in [-0.25, -0.2) is 12.8 Å². The maximum atomic E-state index is 13.1. The van der Waals surface area contributed by atoms with Crippen LogP contribution in [0.5, 0.6) is 0 Å². The summed E-state index contributed by atoms with van der Waals surface area (Å²) in [6.45, 7) is 2.48. The molecule has 1 aliphatic heterocycles. The Morgan fingerprint density at radius 2 is 2.08 bits per heavy atom. The highest BCUT2D eigenvalue weighted by Gasteiger charge is 2.30. The van der Waals surface area contributed by atoms with Crippen molar-refractivity contribution in [2.24, 2.45) is 5.92 Å². The number of hydrogen-bond acceptors (Lipinski definition) is 2. The molecule has 1 rings (SSSR count). The lowest BCUT2D eigenvalue weighted by Gasteiger charge is -2.32. The normalized spacial score (nSPS) is 31.9. The fourth-order valence-electron chi connectivity index (χ4n) is 1.66. The lowest BCUT2D eigenvalue weighted by Crippen LogP contribution is -2.44. The molecule has 2 unspecified atom stereocenters. The second-order valence-electron chi connectivity index (χ2n) is 3.69. The Bertz CT molecular complexity index is 265. The zero-order valence-corrected chi connectivity index (χ0v) is 8.85. The number of alkyl halides is 1. The largest absolute Gasteiger partial charge is 0.246 e. The Balaban J connectivity index is 2.68. The molecule has 13 heavy (non-hydrogen) atoms. The van der Waals surface area contributed by atoms with Crippen LogP contribution in [0.4, 0.5) is 4.39 Å². The third kappa shape index (κ3) is 2.91. The summed E-state index contributed by atoms with van der Waals surface area (Å²) < 4.78 is 36.6. The maximum Gasteiger partial charge on any atom is 0.211 e. The summed E-state index contributed by atoms with van der Waals surface area (Å²) in [6, 6.07) is 0. The molecule has 5 heteroatoms. The Morgan fingerprint density at radius 3 is 2.54 bits per heavy atom. The molecule has 0 aromatic carbocycles. The summed E-state index contributed by atoms with van der Waals surface area (Å²) in [4.78, 5) is 0. The minimum absolute atomic E-state index is 0.0370. The number of rotatable bonds is 2. The number of sulfonamides is 1. The summed E-state index contributed by atoms with van der Waals surface area (Å²) in [5.74, 6) is 0.179. The second-order valence-corrected chi connectivity index (χ2v) is 5.67. The molecule has 2 atom stereocenters. The zero-order valence-electron chi connectivity index (χ0n) is 8.03. The SMILES string of the molecule is CCC1CC(F)CN(S(C)(=O)=O)C1. The Hall–Kier alpha value is -0.160. The molecule has 1 aliphatic rings. The van der Waals surface area contributed by atoms with Crippen LogP contribution in [-0.2, 0) is 10.0 Å². The van der Waals surface area contributed by atoms with Gasteiger partial charge in [0, 0.05) is 13.1 Å². The number of halogens is 1. The van der Waals surface area contributed by atoms with Gasteiger partial charge >= 0.3 is 0 Å². The molecule has 3 nitrogen and oxygen atoms in total. The average molecular weight is 209 g/mol. The van der Waals surface area contributed by atoms with Crippen molar-refractivity contribution in [3.05, 3.63) is 0 Å². The Morgan fingerprint density at radius 1 is 1.46 bits per heavy atom. The first-order valence-corrected chi connectivity index (χ1v) is 6.37. The van der Waals surface area contributed by atoms with Crippen LogP contribution >= 0.6 is 0 Å². The quantitative estimate of drug-likeness (QED) is 0.681. The highest BCUT2D eigenvalue weighted by molar-refractivity contribution is 7.88. The van der Waals surface area contributed by atoms with Gasteiger partial charge in [0.1, 0.15) is 6.17 Å². The molecule has 0 N–H and O–H groups in total. The van der Waals surface area contributed by atoms with Gasteiger partial charge in [0.2, 0.25) is 10.0 Å². The molecule has 0 saturated carbocycles. The third-order valence-electron chi connectivity index (χ3n) is 2.50. The highest BCUT2D eigenvalue weighted by atomic mass is 32.2. The molecule has 0 aliphatic carbocycles. The lowest BCUT2D eigenvalue weighted by molar-refractivity contribution is 0.152. The highest BCUT2D eigenvalue weighted by Crippen LogP contribution is 2.23. The first kappa shape index (κ1) is 10.9. The molecule has 78 valence electrons. The second kappa shape index (κ2) is 3.92. The first-order valence-electron chi connectivity index (χ1n) is 4.52. The van der Waals surface area contributed by atoms with Crippen molar-refractivity contribution in [2.75, 3.05) is 19.3 Å². The standard InChI is InChI=1S/C8H16FNO2S/c1-3-7-4-8(9)6-10(5-7)13(2,11)12/h7-8H,3-6H2,1-2H3. The van der Waals surface area contributed by atoms with Crippen LogP contribution in [0.1, 0.15) is 19.8 Å². The molecule has 0 bridgehead atoms. The van der Waals surface area contributed by atoms with Crippen molar-refractivity contribution < 1.29 is 12.8 Å². The van der Waals surface area contributed by atoms with Crippen LogP contribution in [0.25, 0.3) is 0 Å². The lowest BCUT2D eigenvalue weighted by atomic mass is 9.96. The van der Waals surface area contributed by atoms with Crippen LogP contribution in [0.3, 0.4) is 0 Å². The van der Waals surface area contributed by atoms with E-state index >= 15 is 0 Å². The van der Waals surface area contributed by atoms with Crippen molar-refractivity contribution in [1.29, 1.82) is 0 Å². The summed E-state index contributed by atoms with van der Waals surface area (Å²) in [7, 11) is -3.21. The van der Waals surface area contributed by atoms with Gasteiger partial charge in [-0.1, -0.05) is 13.3 Å². The molecule has 0 spiro atoms. The fourth-order valence-corrected chi connectivity index (χ4v) is 2.57. The van der Waals surface area contributed by atoms with Crippen LogP contribution in [0, 0.1) is 5.92 Å². The Kier molecular flexibility index (Phi) is 3.29. The van der Waals surface area contributed by atoms with E-state index in [1.165, 1.54) is 4.31 Å². The van der Waals surface area contributed by atoms with Crippen molar-refractivity contribution in [1.82, 2.24) is 4.31 Å². The Labute approximate surface area is 79.0 Å². The molecule has 0 radical (unpaired) electrons. The summed E-state index contributed by atoms with van der Waals surface area (Å²) >= 11 is 0. The minimum Gasteiger partial charge on any atom is -0.246 e. The number of piperidine rings is 1. The van der Waals surface area contributed by atoms with Crippen molar-refractivity contribution in [2.45, 2.75) is 25.9 Å². The van der Waals surface area contributed by atoms with Crippen LogP contribution in [0.15, 0.2) is 0 Å².